The zero-order valence-corrected chi connectivity index (χ0v) is 13.2. The maximum atomic E-state index is 5.63. The Morgan fingerprint density at radius 1 is 0.714 bits per heavy atom. The van der Waals surface area contributed by atoms with Gasteiger partial charge in [0.1, 0.15) is 0 Å². The number of nitrogens with one attached hydrogen (secondary N) is 2. The molecule has 0 amide bonds. The van der Waals surface area contributed by atoms with Crippen LogP contribution in [-0.2, 0) is 0 Å². The molecule has 0 aliphatic heterocycles. The predicted octanol–water partition coefficient (Wildman–Crippen LogP) is 2.53. The lowest BCUT2D eigenvalue weighted by Gasteiger charge is -2.35. The SMILES string of the molecule is C=C(N)NC1CCC(CC2CCC(NC(=C)N)CC2)CC1. The van der Waals surface area contributed by atoms with E-state index in [1.54, 1.807) is 0 Å². The van der Waals surface area contributed by atoms with E-state index in [0.717, 1.165) is 11.8 Å². The average molecular weight is 292 g/mol. The third-order valence-electron chi connectivity index (χ3n) is 5.14. The molecule has 0 atom stereocenters. The van der Waals surface area contributed by atoms with Gasteiger partial charge in [0, 0.05) is 12.1 Å². The molecule has 6 N–H and O–H groups in total. The van der Waals surface area contributed by atoms with E-state index >= 15 is 0 Å². The first-order valence-corrected chi connectivity index (χ1v) is 8.44. The van der Waals surface area contributed by atoms with Gasteiger partial charge in [-0.2, -0.15) is 0 Å². The zero-order chi connectivity index (χ0) is 15.2. The van der Waals surface area contributed by atoms with Gasteiger partial charge in [0.25, 0.3) is 0 Å². The molecule has 4 heteroatoms. The summed E-state index contributed by atoms with van der Waals surface area (Å²) in [5, 5.41) is 6.57. The molecule has 4 nitrogen and oxygen atoms in total. The van der Waals surface area contributed by atoms with Crippen LogP contribution in [0.4, 0.5) is 0 Å². The second kappa shape index (κ2) is 7.62. The van der Waals surface area contributed by atoms with E-state index in [0.29, 0.717) is 23.7 Å². The van der Waals surface area contributed by atoms with Crippen molar-refractivity contribution >= 4 is 0 Å². The highest BCUT2D eigenvalue weighted by atomic mass is 15.0. The summed E-state index contributed by atoms with van der Waals surface area (Å²) in [6.07, 6.45) is 11.7. The van der Waals surface area contributed by atoms with Crippen molar-refractivity contribution in [2.45, 2.75) is 69.9 Å². The normalized spacial score (nSPS) is 33.1. The van der Waals surface area contributed by atoms with E-state index in [1.165, 1.54) is 57.8 Å². The minimum Gasteiger partial charge on any atom is -0.386 e. The molecule has 0 saturated heterocycles. The van der Waals surface area contributed by atoms with E-state index in [2.05, 4.69) is 23.8 Å². The first-order valence-electron chi connectivity index (χ1n) is 8.44. The van der Waals surface area contributed by atoms with E-state index in [4.69, 9.17) is 11.5 Å². The number of nitrogens with two attached hydrogens (primary N) is 2. The number of hydrogen-bond acceptors (Lipinski definition) is 4. The lowest BCUT2D eigenvalue weighted by molar-refractivity contribution is 0.212. The van der Waals surface area contributed by atoms with Crippen LogP contribution >= 0.6 is 0 Å². The van der Waals surface area contributed by atoms with Crippen LogP contribution in [0.5, 0.6) is 0 Å². The molecular formula is C17H32N4. The van der Waals surface area contributed by atoms with Crippen LogP contribution in [0, 0.1) is 11.8 Å². The van der Waals surface area contributed by atoms with Gasteiger partial charge >= 0.3 is 0 Å². The molecule has 0 heterocycles. The minimum absolute atomic E-state index is 0.550. The lowest BCUT2D eigenvalue weighted by atomic mass is 9.75. The summed E-state index contributed by atoms with van der Waals surface area (Å²) >= 11 is 0. The Morgan fingerprint density at radius 3 is 1.33 bits per heavy atom. The smallest absolute Gasteiger partial charge is 0.0888 e. The Labute approximate surface area is 129 Å². The van der Waals surface area contributed by atoms with Crippen molar-refractivity contribution in [2.24, 2.45) is 23.3 Å². The Kier molecular flexibility index (Phi) is 5.83. The molecule has 2 aliphatic carbocycles. The number of rotatable bonds is 6. The van der Waals surface area contributed by atoms with Crippen LogP contribution in [0.1, 0.15) is 57.8 Å². The summed E-state index contributed by atoms with van der Waals surface area (Å²) in [6.45, 7) is 7.47. The molecule has 0 aromatic carbocycles. The van der Waals surface area contributed by atoms with Crippen LogP contribution in [0.15, 0.2) is 24.8 Å². The Balaban J connectivity index is 1.64. The molecule has 2 aliphatic rings. The fourth-order valence-electron chi connectivity index (χ4n) is 4.08. The largest absolute Gasteiger partial charge is 0.386 e. The fraction of sp³-hybridized carbons (Fsp3) is 0.765. The molecule has 2 fully saturated rings. The highest BCUT2D eigenvalue weighted by Crippen LogP contribution is 2.35. The van der Waals surface area contributed by atoms with Crippen LogP contribution < -0.4 is 22.1 Å². The molecule has 21 heavy (non-hydrogen) atoms. The van der Waals surface area contributed by atoms with Crippen molar-refractivity contribution in [2.75, 3.05) is 0 Å². The molecule has 0 unspecified atom stereocenters. The highest BCUT2D eigenvalue weighted by molar-refractivity contribution is 4.91. The van der Waals surface area contributed by atoms with Gasteiger partial charge < -0.3 is 22.1 Å². The summed E-state index contributed by atoms with van der Waals surface area (Å²) in [4.78, 5) is 0. The molecule has 0 bridgehead atoms. The average Bonchev–Trinajstić information content (AvgIpc) is 2.42. The summed E-state index contributed by atoms with van der Waals surface area (Å²) in [6, 6.07) is 1.10. The topological polar surface area (TPSA) is 76.1 Å². The zero-order valence-electron chi connectivity index (χ0n) is 13.2. The quantitative estimate of drug-likeness (QED) is 0.607. The van der Waals surface area contributed by atoms with E-state index < -0.39 is 0 Å². The van der Waals surface area contributed by atoms with Crippen LogP contribution in [0.25, 0.3) is 0 Å². The van der Waals surface area contributed by atoms with Crippen molar-refractivity contribution in [3.05, 3.63) is 24.8 Å². The molecule has 0 aromatic rings. The standard InChI is InChI=1S/C17H32N4/c1-12(18)20-16-7-3-14(4-8-16)11-15-5-9-17(10-6-15)21-13(2)19/h14-17,20-21H,1-11,18-19H2. The van der Waals surface area contributed by atoms with Gasteiger partial charge in [-0.3, -0.25) is 0 Å². The first-order chi connectivity index (χ1) is 10.0. The molecule has 0 radical (unpaired) electrons. The summed E-state index contributed by atoms with van der Waals surface area (Å²) in [5.41, 5.74) is 11.3. The molecule has 0 aromatic heterocycles. The molecule has 0 spiro atoms. The molecule has 120 valence electrons. The van der Waals surface area contributed by atoms with E-state index in [1.807, 2.05) is 0 Å². The second-order valence-electron chi connectivity index (χ2n) is 7.01. The fourth-order valence-corrected chi connectivity index (χ4v) is 4.08. The third kappa shape index (κ3) is 5.52. The van der Waals surface area contributed by atoms with Crippen molar-refractivity contribution in [3.63, 3.8) is 0 Å². The molecule has 2 saturated carbocycles. The van der Waals surface area contributed by atoms with Gasteiger partial charge in [0.2, 0.25) is 0 Å². The Morgan fingerprint density at radius 2 is 1.05 bits per heavy atom. The van der Waals surface area contributed by atoms with E-state index in [-0.39, 0.29) is 0 Å². The minimum atomic E-state index is 0.550. The summed E-state index contributed by atoms with van der Waals surface area (Å²) in [7, 11) is 0. The summed E-state index contributed by atoms with van der Waals surface area (Å²) < 4.78 is 0. The Hall–Kier alpha value is -1.32. The third-order valence-corrected chi connectivity index (χ3v) is 5.14. The predicted molar refractivity (Wildman–Crippen MR) is 89.0 cm³/mol. The Bertz CT molecular complexity index is 316. The van der Waals surface area contributed by atoms with Gasteiger partial charge in [-0.25, -0.2) is 0 Å². The molecule has 2 rings (SSSR count). The van der Waals surface area contributed by atoms with Crippen molar-refractivity contribution < 1.29 is 0 Å². The van der Waals surface area contributed by atoms with Gasteiger partial charge in [-0.15, -0.1) is 0 Å². The van der Waals surface area contributed by atoms with Crippen LogP contribution in [0.3, 0.4) is 0 Å². The van der Waals surface area contributed by atoms with Gasteiger partial charge in [-0.1, -0.05) is 13.2 Å². The molecular weight excluding hydrogens is 260 g/mol. The van der Waals surface area contributed by atoms with Crippen LogP contribution in [-0.4, -0.2) is 12.1 Å². The second-order valence-corrected chi connectivity index (χ2v) is 7.01. The summed E-state index contributed by atoms with van der Waals surface area (Å²) in [5.74, 6) is 3.05. The first kappa shape index (κ1) is 16.1. The maximum absolute atomic E-state index is 5.63. The van der Waals surface area contributed by atoms with Crippen molar-refractivity contribution in [1.29, 1.82) is 0 Å². The monoisotopic (exact) mass is 292 g/mol. The van der Waals surface area contributed by atoms with Crippen molar-refractivity contribution in [3.8, 4) is 0 Å². The van der Waals surface area contributed by atoms with Crippen molar-refractivity contribution in [1.82, 2.24) is 10.6 Å². The van der Waals surface area contributed by atoms with Gasteiger partial charge in [0.05, 0.1) is 11.6 Å². The lowest BCUT2D eigenvalue weighted by Crippen LogP contribution is -2.36. The van der Waals surface area contributed by atoms with E-state index in [9.17, 15) is 0 Å². The van der Waals surface area contributed by atoms with Crippen LogP contribution in [0.2, 0.25) is 0 Å². The number of hydrogen-bond donors (Lipinski definition) is 4. The van der Waals surface area contributed by atoms with Gasteiger partial charge in [0.15, 0.2) is 0 Å². The highest BCUT2D eigenvalue weighted by Gasteiger charge is 2.26. The maximum Gasteiger partial charge on any atom is 0.0888 e. The van der Waals surface area contributed by atoms with Gasteiger partial charge in [-0.05, 0) is 69.6 Å².